The fraction of sp³-hybridized carbons (Fsp3) is 0.286. The third kappa shape index (κ3) is 1.44. The number of hydrogen-bond donors (Lipinski definition) is 2. The minimum absolute atomic E-state index is 0.626. The number of piperidine rings is 2. The Kier molecular flexibility index (Phi) is 2.50. The first-order chi connectivity index (χ1) is 9.46. The van der Waals surface area contributed by atoms with Crippen LogP contribution in [0, 0.1) is 11.8 Å². The van der Waals surface area contributed by atoms with Gasteiger partial charge in [0.05, 0.1) is 0 Å². The first-order valence-corrected chi connectivity index (χ1v) is 6.21. The van der Waals surface area contributed by atoms with Gasteiger partial charge < -0.3 is 0 Å². The molecule has 2 bridgehead atoms. The van der Waals surface area contributed by atoms with Gasteiger partial charge in [-0.15, -0.1) is 0 Å². The number of rotatable bonds is 1. The Morgan fingerprint density at radius 3 is 1.60 bits per heavy atom. The first kappa shape index (κ1) is 12.5. The van der Waals surface area contributed by atoms with Crippen LogP contribution in [0.5, 0.6) is 0 Å². The molecule has 0 atom stereocenters. The lowest BCUT2D eigenvalue weighted by atomic mass is 9.58. The quantitative estimate of drug-likeness (QED) is 0.532. The van der Waals surface area contributed by atoms with Crippen molar-refractivity contribution in [2.75, 3.05) is 0 Å². The van der Waals surface area contributed by atoms with Crippen molar-refractivity contribution in [3.63, 3.8) is 0 Å². The number of fused-ring (bicyclic) bond motifs is 2. The molecule has 2 aliphatic heterocycles. The summed E-state index contributed by atoms with van der Waals surface area (Å²) in [6.07, 6.45) is 0. The lowest BCUT2D eigenvalue weighted by Gasteiger charge is -2.47. The van der Waals surface area contributed by atoms with Crippen molar-refractivity contribution in [2.24, 2.45) is 11.8 Å². The van der Waals surface area contributed by atoms with Crippen LogP contribution in [0.15, 0.2) is 30.3 Å². The van der Waals surface area contributed by atoms with E-state index in [1.165, 1.54) is 0 Å². The average molecular weight is 272 g/mol. The first-order valence-electron chi connectivity index (χ1n) is 6.21. The summed E-state index contributed by atoms with van der Waals surface area (Å²) in [5.41, 5.74) is -0.526. The van der Waals surface area contributed by atoms with Gasteiger partial charge in [-0.05, 0) is 5.56 Å². The van der Waals surface area contributed by atoms with Crippen molar-refractivity contribution in [3.8, 4) is 0 Å². The number of hydrogen-bond acceptors (Lipinski definition) is 4. The number of nitrogens with one attached hydrogen (secondary N) is 2. The fourth-order valence-electron chi connectivity index (χ4n) is 3.16. The summed E-state index contributed by atoms with van der Waals surface area (Å²) in [5, 5.41) is 4.22. The van der Waals surface area contributed by atoms with Crippen LogP contribution in [-0.2, 0) is 24.6 Å². The third-order valence-electron chi connectivity index (χ3n) is 4.14. The van der Waals surface area contributed by atoms with Gasteiger partial charge in [0.25, 0.3) is 0 Å². The maximum atomic E-state index is 12.0. The Morgan fingerprint density at radius 2 is 1.20 bits per heavy atom. The molecule has 20 heavy (non-hydrogen) atoms. The smallest absolute Gasteiger partial charge is 0.240 e. The van der Waals surface area contributed by atoms with Crippen LogP contribution in [0.25, 0.3) is 0 Å². The summed E-state index contributed by atoms with van der Waals surface area (Å²) < 4.78 is 0. The van der Waals surface area contributed by atoms with E-state index in [-0.39, 0.29) is 0 Å². The summed E-state index contributed by atoms with van der Waals surface area (Å²) in [6, 6.07) is 8.72. The lowest BCUT2D eigenvalue weighted by molar-refractivity contribution is -0.159. The number of benzene rings is 1. The molecule has 0 aliphatic carbocycles. The monoisotopic (exact) mass is 272 g/mol. The summed E-state index contributed by atoms with van der Waals surface area (Å²) in [4.78, 5) is 48.1. The highest BCUT2D eigenvalue weighted by Gasteiger charge is 2.62. The molecule has 2 aliphatic rings. The molecule has 1 aromatic carbocycles. The van der Waals surface area contributed by atoms with Crippen molar-refractivity contribution in [1.82, 2.24) is 10.6 Å². The molecule has 2 N–H and O–H groups in total. The van der Waals surface area contributed by atoms with Crippen molar-refractivity contribution in [3.05, 3.63) is 35.9 Å². The maximum absolute atomic E-state index is 12.0. The summed E-state index contributed by atoms with van der Waals surface area (Å²) in [6.45, 7) is 1.62. The molecule has 2 heterocycles. The maximum Gasteiger partial charge on any atom is 0.240 e. The van der Waals surface area contributed by atoms with Crippen molar-refractivity contribution >= 4 is 23.6 Å². The Hall–Kier alpha value is -2.50. The van der Waals surface area contributed by atoms with E-state index in [2.05, 4.69) is 10.6 Å². The Labute approximate surface area is 114 Å². The van der Waals surface area contributed by atoms with Gasteiger partial charge in [-0.25, -0.2) is 0 Å². The molecule has 0 spiro atoms. The molecule has 0 unspecified atom stereocenters. The van der Waals surface area contributed by atoms with Crippen LogP contribution in [0.1, 0.15) is 12.5 Å². The zero-order valence-corrected chi connectivity index (χ0v) is 10.7. The van der Waals surface area contributed by atoms with Gasteiger partial charge in [0, 0.05) is 5.41 Å². The predicted octanol–water partition coefficient (Wildman–Crippen LogP) is -0.511. The summed E-state index contributed by atoms with van der Waals surface area (Å²) in [7, 11) is 0. The zero-order chi connectivity index (χ0) is 14.5. The Morgan fingerprint density at radius 1 is 0.800 bits per heavy atom. The number of carbonyl (C=O) groups excluding carboxylic acids is 4. The molecule has 102 valence electrons. The molecule has 2 saturated heterocycles. The van der Waals surface area contributed by atoms with Crippen LogP contribution in [0.4, 0.5) is 0 Å². The van der Waals surface area contributed by atoms with E-state index < -0.39 is 40.9 Å². The van der Waals surface area contributed by atoms with Crippen LogP contribution in [-0.4, -0.2) is 23.6 Å². The molecule has 1 aromatic rings. The Balaban J connectivity index is 2.25. The van der Waals surface area contributed by atoms with Crippen LogP contribution in [0.2, 0.25) is 0 Å². The van der Waals surface area contributed by atoms with E-state index in [9.17, 15) is 19.2 Å². The van der Waals surface area contributed by atoms with E-state index in [0.717, 1.165) is 0 Å². The van der Waals surface area contributed by atoms with Gasteiger partial charge in [0.2, 0.25) is 23.6 Å². The van der Waals surface area contributed by atoms with E-state index in [1.807, 2.05) is 0 Å². The summed E-state index contributed by atoms with van der Waals surface area (Å²) >= 11 is 0. The van der Waals surface area contributed by atoms with Crippen LogP contribution < -0.4 is 10.6 Å². The van der Waals surface area contributed by atoms with Gasteiger partial charge in [-0.2, -0.15) is 0 Å². The molecule has 6 heteroatoms. The summed E-state index contributed by atoms with van der Waals surface area (Å²) in [5.74, 6) is -4.84. The van der Waals surface area contributed by atoms with E-state index >= 15 is 0 Å². The highest BCUT2D eigenvalue weighted by Crippen LogP contribution is 2.44. The number of carbonyl (C=O) groups is 4. The Bertz CT molecular complexity index is 576. The SMILES string of the molecule is CC1(c2ccccc2)C2C(=O)NC(=O)C1C(=O)NC2=O. The molecular formula is C14H12N2O4. The molecule has 4 amide bonds. The third-order valence-corrected chi connectivity index (χ3v) is 4.14. The minimum Gasteiger partial charge on any atom is -0.295 e. The highest BCUT2D eigenvalue weighted by atomic mass is 16.2. The normalized spacial score (nSPS) is 32.6. The van der Waals surface area contributed by atoms with Crippen molar-refractivity contribution < 1.29 is 19.2 Å². The molecule has 2 fully saturated rings. The van der Waals surface area contributed by atoms with E-state index in [1.54, 1.807) is 37.3 Å². The molecule has 0 saturated carbocycles. The zero-order valence-electron chi connectivity index (χ0n) is 10.7. The standard InChI is InChI=1S/C14H12N2O4/c1-14(7-5-3-2-4-6-7)8-10(17)15-12(19)9(14)13(20)16-11(8)18/h2-6,8-9H,1H3,(H,15,17,19)(H,16,18,20). The van der Waals surface area contributed by atoms with Gasteiger partial charge in [0.15, 0.2) is 0 Å². The topological polar surface area (TPSA) is 92.3 Å². The number of imide groups is 2. The van der Waals surface area contributed by atoms with Gasteiger partial charge in [-0.1, -0.05) is 37.3 Å². The molecule has 6 nitrogen and oxygen atoms in total. The highest BCUT2D eigenvalue weighted by molar-refractivity contribution is 6.23. The molecule has 0 radical (unpaired) electrons. The largest absolute Gasteiger partial charge is 0.295 e. The van der Waals surface area contributed by atoms with Crippen LogP contribution in [0.3, 0.4) is 0 Å². The van der Waals surface area contributed by atoms with E-state index in [0.29, 0.717) is 5.56 Å². The fourth-order valence-corrected chi connectivity index (χ4v) is 3.16. The van der Waals surface area contributed by atoms with E-state index in [4.69, 9.17) is 0 Å². The van der Waals surface area contributed by atoms with Gasteiger partial charge >= 0.3 is 0 Å². The van der Waals surface area contributed by atoms with Gasteiger partial charge in [0.1, 0.15) is 11.8 Å². The van der Waals surface area contributed by atoms with Crippen molar-refractivity contribution in [2.45, 2.75) is 12.3 Å². The van der Waals surface area contributed by atoms with Crippen LogP contribution >= 0.6 is 0 Å². The predicted molar refractivity (Wildman–Crippen MR) is 67.1 cm³/mol. The minimum atomic E-state index is -1.15. The second-order valence-corrected chi connectivity index (χ2v) is 5.22. The average Bonchev–Trinajstić information content (AvgIpc) is 2.37. The molecule has 0 aromatic heterocycles. The second kappa shape index (κ2) is 4.00. The molecule has 3 rings (SSSR count). The second-order valence-electron chi connectivity index (χ2n) is 5.22. The molecular weight excluding hydrogens is 260 g/mol. The van der Waals surface area contributed by atoms with Crippen molar-refractivity contribution in [1.29, 1.82) is 0 Å². The lowest BCUT2D eigenvalue weighted by Crippen LogP contribution is -2.71. The van der Waals surface area contributed by atoms with Gasteiger partial charge in [-0.3, -0.25) is 29.8 Å². The number of amides is 4.